The third kappa shape index (κ3) is 3.34. The zero-order valence-electron chi connectivity index (χ0n) is 17.6. The van der Waals surface area contributed by atoms with E-state index in [0.29, 0.717) is 5.56 Å². The van der Waals surface area contributed by atoms with E-state index >= 15 is 0 Å². The van der Waals surface area contributed by atoms with Crippen LogP contribution in [0.2, 0.25) is 0 Å². The van der Waals surface area contributed by atoms with E-state index in [1.54, 1.807) is 19.9 Å². The number of hydrogen-bond donors (Lipinski definition) is 3. The normalized spacial score (nSPS) is 21.3. The number of aliphatic hydroxyl groups is 1. The molecule has 3 amide bonds. The van der Waals surface area contributed by atoms with E-state index in [1.165, 1.54) is 23.3 Å². The molecule has 1 heterocycles. The second-order valence-electron chi connectivity index (χ2n) is 8.98. The van der Waals surface area contributed by atoms with Gasteiger partial charge in [0.15, 0.2) is 9.92 Å². The lowest BCUT2D eigenvalue weighted by Gasteiger charge is -2.18. The van der Waals surface area contributed by atoms with Crippen molar-refractivity contribution in [2.45, 2.75) is 62.9 Å². The molecule has 3 N–H and O–H groups in total. The van der Waals surface area contributed by atoms with Crippen molar-refractivity contribution in [2.75, 3.05) is 5.32 Å². The van der Waals surface area contributed by atoms with Crippen molar-refractivity contribution in [3.8, 4) is 0 Å². The summed E-state index contributed by atoms with van der Waals surface area (Å²) >= 11 is 0. The average molecular weight is 440 g/mol. The molecule has 2 aliphatic carbocycles. The Kier molecular flexibility index (Phi) is 4.50. The van der Waals surface area contributed by atoms with Gasteiger partial charge in [-0.15, -0.1) is 4.36 Å². The monoisotopic (exact) mass is 439 g/mol. The highest BCUT2D eigenvalue weighted by Gasteiger charge is 2.34. The van der Waals surface area contributed by atoms with Gasteiger partial charge in [-0.2, -0.15) is 0 Å². The van der Waals surface area contributed by atoms with Crippen molar-refractivity contribution >= 4 is 27.5 Å². The van der Waals surface area contributed by atoms with Crippen LogP contribution in [0.25, 0.3) is 0 Å². The molecule has 162 valence electrons. The zero-order valence-corrected chi connectivity index (χ0v) is 18.4. The van der Waals surface area contributed by atoms with Crippen molar-refractivity contribution in [3.63, 3.8) is 0 Å². The van der Waals surface area contributed by atoms with Gasteiger partial charge in [0.25, 0.3) is 5.91 Å². The van der Waals surface area contributed by atoms with E-state index in [0.717, 1.165) is 55.3 Å². The summed E-state index contributed by atoms with van der Waals surface area (Å²) in [6, 6.07) is 6.15. The van der Waals surface area contributed by atoms with Gasteiger partial charge in [-0.25, -0.2) is 9.00 Å². The van der Waals surface area contributed by atoms with Crippen molar-refractivity contribution < 1.29 is 18.9 Å². The minimum absolute atomic E-state index is 0.169. The number of anilines is 1. The molecule has 0 aromatic heterocycles. The summed E-state index contributed by atoms with van der Waals surface area (Å²) in [6.45, 7) is 3.21. The summed E-state index contributed by atoms with van der Waals surface area (Å²) < 4.78 is 19.7. The molecule has 5 rings (SSSR count). The second-order valence-corrected chi connectivity index (χ2v) is 10.9. The number of aryl methyl sites for hydroxylation is 2. The zero-order chi connectivity index (χ0) is 22.0. The molecule has 0 bridgehead atoms. The van der Waals surface area contributed by atoms with Crippen LogP contribution in [0.5, 0.6) is 0 Å². The third-order valence-electron chi connectivity index (χ3n) is 6.38. The summed E-state index contributed by atoms with van der Waals surface area (Å²) in [7, 11) is -3.44. The predicted octanol–water partition coefficient (Wildman–Crippen LogP) is 3.61. The summed E-state index contributed by atoms with van der Waals surface area (Å²) in [5, 5.41) is 13.1. The Hall–Kier alpha value is -2.71. The second kappa shape index (κ2) is 6.90. The van der Waals surface area contributed by atoms with Gasteiger partial charge in [0.2, 0.25) is 0 Å². The number of benzene rings is 2. The molecule has 0 radical (unpaired) electrons. The Morgan fingerprint density at radius 2 is 1.74 bits per heavy atom. The van der Waals surface area contributed by atoms with Gasteiger partial charge in [0.1, 0.15) is 0 Å². The van der Waals surface area contributed by atoms with Crippen molar-refractivity contribution in [3.05, 3.63) is 57.6 Å². The molecular weight excluding hydrogens is 414 g/mol. The topological polar surface area (TPSA) is 108 Å². The van der Waals surface area contributed by atoms with Crippen LogP contribution in [-0.4, -0.2) is 21.3 Å². The van der Waals surface area contributed by atoms with Gasteiger partial charge in [0.05, 0.1) is 16.1 Å². The fourth-order valence-electron chi connectivity index (χ4n) is 4.85. The van der Waals surface area contributed by atoms with Crippen LogP contribution < -0.4 is 10.0 Å². The molecule has 0 saturated carbocycles. The number of nitrogens with zero attached hydrogens (tertiary/aromatic N) is 1. The van der Waals surface area contributed by atoms with E-state index in [4.69, 9.17) is 0 Å². The van der Waals surface area contributed by atoms with Gasteiger partial charge in [-0.05, 0) is 92.3 Å². The van der Waals surface area contributed by atoms with Crippen LogP contribution in [0, 0.1) is 0 Å². The lowest BCUT2D eigenvalue weighted by molar-refractivity contribution is 0.0784. The molecule has 0 spiro atoms. The molecule has 2 aromatic rings. The van der Waals surface area contributed by atoms with Gasteiger partial charge in [0, 0.05) is 5.69 Å². The SMILES string of the molecule is CC(C)(O)c1ccc2c(c1)C(=O)N[S@@]2(=O)=NC(=O)Nc1c2c(cc3c1CCC3)CCC2. The number of nitrogens with one attached hydrogen (secondary N) is 2. The van der Waals surface area contributed by atoms with E-state index in [9.17, 15) is 18.9 Å². The van der Waals surface area contributed by atoms with E-state index in [2.05, 4.69) is 20.5 Å². The van der Waals surface area contributed by atoms with Crippen LogP contribution >= 0.6 is 0 Å². The highest BCUT2D eigenvalue weighted by molar-refractivity contribution is 7.93. The average Bonchev–Trinajstić information content (AvgIpc) is 3.40. The van der Waals surface area contributed by atoms with Gasteiger partial charge in [-0.1, -0.05) is 12.1 Å². The van der Waals surface area contributed by atoms with Crippen LogP contribution in [0.4, 0.5) is 10.5 Å². The molecule has 1 aliphatic heterocycles. The first-order valence-corrected chi connectivity index (χ1v) is 12.1. The lowest BCUT2D eigenvalue weighted by Crippen LogP contribution is -2.23. The number of rotatable bonds is 2. The van der Waals surface area contributed by atoms with Crippen LogP contribution in [0.3, 0.4) is 0 Å². The summed E-state index contributed by atoms with van der Waals surface area (Å²) in [6.07, 6.45) is 5.95. The van der Waals surface area contributed by atoms with E-state index in [-0.39, 0.29) is 10.5 Å². The fourth-order valence-corrected chi connectivity index (χ4v) is 6.45. The van der Waals surface area contributed by atoms with Gasteiger partial charge >= 0.3 is 6.03 Å². The Morgan fingerprint density at radius 1 is 1.10 bits per heavy atom. The van der Waals surface area contributed by atoms with Crippen molar-refractivity contribution in [2.24, 2.45) is 4.36 Å². The quantitative estimate of drug-likeness (QED) is 0.664. The number of carbonyl (C=O) groups excluding carboxylic acids is 2. The Balaban J connectivity index is 1.52. The first kappa shape index (κ1) is 20.2. The van der Waals surface area contributed by atoms with Crippen molar-refractivity contribution in [1.29, 1.82) is 0 Å². The molecule has 2 aromatic carbocycles. The standard InChI is InChI=1S/C23H25N3O4S/c1-23(2,29)15-9-10-19-18(12-15)21(27)25-31(19,30)26-22(28)24-20-16-7-3-5-13(16)11-14-6-4-8-17(14)20/h9-12,29H,3-8H2,1-2H3,(H2,24,25,26,27,28,30)/t31-/m1/s1. The molecule has 8 heteroatoms. The highest BCUT2D eigenvalue weighted by Crippen LogP contribution is 2.39. The van der Waals surface area contributed by atoms with Gasteiger partial charge in [-0.3, -0.25) is 9.52 Å². The first-order valence-electron chi connectivity index (χ1n) is 10.6. The van der Waals surface area contributed by atoms with Crippen LogP contribution in [0.1, 0.15) is 64.9 Å². The van der Waals surface area contributed by atoms with Gasteiger partial charge < -0.3 is 10.4 Å². The molecular formula is C23H25N3O4S. The number of fused-ring (bicyclic) bond motifs is 3. The van der Waals surface area contributed by atoms with Crippen LogP contribution in [0.15, 0.2) is 33.5 Å². The summed E-state index contributed by atoms with van der Waals surface area (Å²) in [5.41, 5.74) is 5.22. The largest absolute Gasteiger partial charge is 0.386 e. The Labute approximate surface area is 181 Å². The summed E-state index contributed by atoms with van der Waals surface area (Å²) in [5.74, 6) is -0.566. The maximum atomic E-state index is 13.4. The molecule has 7 nitrogen and oxygen atoms in total. The maximum absolute atomic E-state index is 13.4. The maximum Gasteiger partial charge on any atom is 0.355 e. The highest BCUT2D eigenvalue weighted by atomic mass is 32.2. The third-order valence-corrected chi connectivity index (χ3v) is 8.21. The number of carbonyl (C=O) groups is 2. The smallest absolute Gasteiger partial charge is 0.355 e. The molecule has 31 heavy (non-hydrogen) atoms. The minimum Gasteiger partial charge on any atom is -0.386 e. The fraction of sp³-hybridized carbons (Fsp3) is 0.391. The Morgan fingerprint density at radius 3 is 2.35 bits per heavy atom. The molecule has 3 aliphatic rings. The van der Waals surface area contributed by atoms with E-state index < -0.39 is 27.5 Å². The molecule has 0 fully saturated rings. The lowest BCUT2D eigenvalue weighted by atomic mass is 9.96. The predicted molar refractivity (Wildman–Crippen MR) is 118 cm³/mol. The van der Waals surface area contributed by atoms with E-state index in [1.807, 2.05) is 0 Å². The van der Waals surface area contributed by atoms with Crippen LogP contribution in [-0.2, 0) is 41.2 Å². The summed E-state index contributed by atoms with van der Waals surface area (Å²) in [4.78, 5) is 25.5. The molecule has 1 atom stereocenters. The first-order chi connectivity index (χ1) is 14.7. The molecule has 0 saturated heterocycles. The number of amides is 3. The number of urea groups is 1. The van der Waals surface area contributed by atoms with Crippen molar-refractivity contribution in [1.82, 2.24) is 4.72 Å². The Bertz CT molecular complexity index is 1230. The molecule has 0 unspecified atom stereocenters. The number of hydrogen-bond acceptors (Lipinski definition) is 4. The minimum atomic E-state index is -3.44.